The van der Waals surface area contributed by atoms with Crippen LogP contribution in [0.15, 0.2) is 134 Å². The molecule has 0 amide bonds. The first-order valence-electron chi connectivity index (χ1n) is 22.0. The van der Waals surface area contributed by atoms with E-state index in [1.165, 1.54) is 18.2 Å². The number of benzene rings is 5. The molecule has 0 atom stereocenters. The van der Waals surface area contributed by atoms with Gasteiger partial charge in [0.15, 0.2) is 0 Å². The van der Waals surface area contributed by atoms with Gasteiger partial charge in [-0.15, -0.1) is 0 Å². The molecule has 0 radical (unpaired) electrons. The van der Waals surface area contributed by atoms with Crippen molar-refractivity contribution in [2.24, 2.45) is 0 Å². The molecule has 4 heterocycles. The number of aryl methyl sites for hydroxylation is 2. The van der Waals surface area contributed by atoms with Crippen LogP contribution in [0.2, 0.25) is 0 Å². The Hall–Kier alpha value is -6.69. The van der Waals surface area contributed by atoms with Crippen LogP contribution in [0, 0.1) is 13.7 Å². The second-order valence-corrected chi connectivity index (χ2v) is 16.5. The van der Waals surface area contributed by atoms with Gasteiger partial charge in [-0.3, -0.25) is 4.57 Å². The first kappa shape index (κ1) is 29.6. The molecule has 0 saturated carbocycles. The molecule has 7 heteroatoms. The van der Waals surface area contributed by atoms with Gasteiger partial charge in [0.25, 0.3) is 11.4 Å². The highest BCUT2D eigenvalue weighted by Crippen LogP contribution is 2.43. The van der Waals surface area contributed by atoms with Crippen LogP contribution < -0.4 is 13.9 Å². The average molecular weight is 753 g/mol. The Morgan fingerprint density at radius 1 is 0.649 bits per heavy atom. The molecule has 0 N–H and O–H groups in total. The van der Waals surface area contributed by atoms with Gasteiger partial charge in [-0.1, -0.05) is 84.0 Å². The third-order valence-electron chi connectivity index (χ3n) is 10.5. The van der Waals surface area contributed by atoms with Crippen LogP contribution in [0.4, 0.5) is 22.7 Å². The maximum absolute atomic E-state index is 8.41. The second-order valence-electron chi connectivity index (χ2n) is 16.5. The summed E-state index contributed by atoms with van der Waals surface area (Å²) >= 11 is 0. The lowest BCUT2D eigenvalue weighted by molar-refractivity contribution is 0.479. The lowest BCUT2D eigenvalue weighted by Crippen LogP contribution is -2.12. The van der Waals surface area contributed by atoms with E-state index >= 15 is 0 Å². The van der Waals surface area contributed by atoms with Gasteiger partial charge in [0.05, 0.1) is 17.1 Å². The van der Waals surface area contributed by atoms with Crippen molar-refractivity contribution in [1.29, 1.82) is 0 Å². The minimum Gasteiger partial charge on any atom is -0.457 e. The highest BCUT2D eigenvalue weighted by Gasteiger charge is 2.38. The number of hydrogen-bond acceptors (Lipinski definition) is 4. The summed E-state index contributed by atoms with van der Waals surface area (Å²) in [6.07, 6.45) is 5.22. The summed E-state index contributed by atoms with van der Waals surface area (Å²) in [6, 6.07) is 39.5. The van der Waals surface area contributed by atoms with Crippen LogP contribution in [0.5, 0.6) is 11.5 Å². The van der Waals surface area contributed by atoms with Crippen molar-refractivity contribution in [3.05, 3.63) is 156 Å². The molecule has 280 valence electrons. The molecule has 1 aliphatic heterocycles. The maximum Gasteiger partial charge on any atom is 0.503 e. The summed E-state index contributed by atoms with van der Waals surface area (Å²) in [5.74, 6) is 1.97. The third-order valence-corrected chi connectivity index (χ3v) is 10.5. The van der Waals surface area contributed by atoms with Gasteiger partial charge in [0, 0.05) is 61.7 Å². The normalized spacial score (nSPS) is 14.8. The van der Waals surface area contributed by atoms with E-state index in [1.807, 2.05) is 88.3 Å². The van der Waals surface area contributed by atoms with Crippen molar-refractivity contribution in [2.45, 2.75) is 66.1 Å². The van der Waals surface area contributed by atoms with Gasteiger partial charge in [-0.25, -0.2) is 15.0 Å². The number of para-hydroxylation sites is 3. The van der Waals surface area contributed by atoms with E-state index in [0.29, 0.717) is 22.7 Å². The predicted octanol–water partition coefficient (Wildman–Crippen LogP) is 12.5. The van der Waals surface area contributed by atoms with Crippen molar-refractivity contribution in [3.63, 3.8) is 0 Å². The number of aromatic nitrogens is 4. The first-order chi connectivity index (χ1) is 29.8. The fourth-order valence-electron chi connectivity index (χ4n) is 7.53. The molecule has 0 aliphatic carbocycles. The Kier molecular flexibility index (Phi) is 7.01. The predicted molar refractivity (Wildman–Crippen MR) is 234 cm³/mol. The quantitative estimate of drug-likeness (QED) is 0.159. The summed E-state index contributed by atoms with van der Waals surface area (Å²) in [4.78, 5) is 13.8. The van der Waals surface area contributed by atoms with E-state index in [0.717, 1.165) is 55.9 Å². The molecule has 0 fully saturated rings. The molecule has 7 nitrogen and oxygen atoms in total. The number of rotatable bonds is 6. The molecule has 3 aromatic heterocycles. The van der Waals surface area contributed by atoms with Crippen molar-refractivity contribution in [3.8, 4) is 28.4 Å². The Morgan fingerprint density at radius 2 is 1.37 bits per heavy atom. The summed E-state index contributed by atoms with van der Waals surface area (Å²) in [5, 5.41) is 1.87. The van der Waals surface area contributed by atoms with Crippen molar-refractivity contribution >= 4 is 50.7 Å². The van der Waals surface area contributed by atoms with Crippen molar-refractivity contribution in [2.75, 3.05) is 0 Å². The average Bonchev–Trinajstić information content (AvgIpc) is 3.78. The lowest BCUT2D eigenvalue weighted by atomic mass is 9.86. The Bertz CT molecular complexity index is 3170. The van der Waals surface area contributed by atoms with Crippen molar-refractivity contribution in [1.82, 2.24) is 28.7 Å². The Morgan fingerprint density at radius 3 is 2.11 bits per heavy atom. The summed E-state index contributed by atoms with van der Waals surface area (Å²) in [7, 11) is 0. The SMILES string of the molecule is [2H]C([2H])([2H])c1cccc(C([2H])([2H])[2H])c1-c1ccccc1[N+]1=C=[N+](c2cc(Oc3ccc4c5cncnc5n(-c5cc(C(C)(C)C)ccn5)c4c3)cc(C(C)(C)C)c2)c2ccccc21. The van der Waals surface area contributed by atoms with Crippen LogP contribution in [-0.4, -0.2) is 25.5 Å². The topological polar surface area (TPSA) is 58.9 Å². The fourth-order valence-corrected chi connectivity index (χ4v) is 7.53. The standard InChI is InChI=1S/C50H46N6O/c1-32-14-13-15-33(2)47(32)40-16-9-10-17-42(40)55-31-54(43-18-11-12-19-44(43)55)36-24-35(50(6,7)8)25-38(27-36)57-37-20-21-39-41-29-51-30-53-48(41)56(45(39)28-37)46-26-34(22-23-52-46)49(3,4)5/h9-30H,1-8H3/q+2/i1D3,2D3. The Balaban J connectivity index is 1.21. The molecule has 57 heavy (non-hydrogen) atoms. The molecular formula is C50H46N6O+2. The minimum atomic E-state index is -2.57. The number of hydrogen-bond donors (Lipinski definition) is 0. The summed E-state index contributed by atoms with van der Waals surface area (Å²) < 4.78 is 63.2. The summed E-state index contributed by atoms with van der Waals surface area (Å²) in [5.41, 5.74) is 6.95. The van der Waals surface area contributed by atoms with E-state index < -0.39 is 13.7 Å². The van der Waals surface area contributed by atoms with E-state index in [1.54, 1.807) is 18.5 Å². The highest BCUT2D eigenvalue weighted by atomic mass is 16.5. The fraction of sp³-hybridized carbons (Fsp3) is 0.200. The Labute approximate surface area is 342 Å². The largest absolute Gasteiger partial charge is 0.503 e. The van der Waals surface area contributed by atoms with Crippen molar-refractivity contribution < 1.29 is 13.0 Å². The molecule has 8 aromatic rings. The third kappa shape index (κ3) is 6.40. The minimum absolute atomic E-state index is 0.0336. The molecule has 5 aromatic carbocycles. The van der Waals surface area contributed by atoms with Gasteiger partial charge in [0.1, 0.15) is 29.3 Å². The molecule has 0 bridgehead atoms. The summed E-state index contributed by atoms with van der Waals surface area (Å²) in [6.45, 7) is 7.85. The lowest BCUT2D eigenvalue weighted by Gasteiger charge is -2.20. The van der Waals surface area contributed by atoms with Crippen LogP contribution >= 0.6 is 0 Å². The van der Waals surface area contributed by atoms with Gasteiger partial charge < -0.3 is 4.74 Å². The van der Waals surface area contributed by atoms with E-state index in [-0.39, 0.29) is 27.5 Å². The van der Waals surface area contributed by atoms with E-state index in [4.69, 9.17) is 22.9 Å². The smallest absolute Gasteiger partial charge is 0.457 e. The molecule has 1 aliphatic rings. The molecular weight excluding hydrogens is 701 g/mol. The molecule has 0 unspecified atom stereocenters. The zero-order chi connectivity index (χ0) is 44.6. The van der Waals surface area contributed by atoms with Gasteiger partial charge in [0.2, 0.25) is 11.4 Å². The number of ether oxygens (including phenoxy) is 1. The van der Waals surface area contributed by atoms with Crippen LogP contribution in [0.25, 0.3) is 38.9 Å². The second kappa shape index (κ2) is 13.5. The molecule has 0 saturated heterocycles. The monoisotopic (exact) mass is 752 g/mol. The number of nitrogens with zero attached hydrogens (tertiary/aromatic N) is 6. The maximum atomic E-state index is 8.41. The van der Waals surface area contributed by atoms with Gasteiger partial charge in [-0.2, -0.15) is 0 Å². The highest BCUT2D eigenvalue weighted by molar-refractivity contribution is 6.07. The zero-order valence-corrected chi connectivity index (χ0v) is 32.8. The zero-order valence-electron chi connectivity index (χ0n) is 38.8. The van der Waals surface area contributed by atoms with Crippen LogP contribution in [-0.2, 0) is 10.8 Å². The van der Waals surface area contributed by atoms with Gasteiger partial charge in [-0.05, 0) is 97.9 Å². The van der Waals surface area contributed by atoms with Crippen LogP contribution in [0.3, 0.4) is 0 Å². The van der Waals surface area contributed by atoms with Crippen LogP contribution in [0.1, 0.15) is 72.0 Å². The number of pyridine rings is 1. The van der Waals surface area contributed by atoms with E-state index in [9.17, 15) is 0 Å². The molecule has 0 spiro atoms. The van der Waals surface area contributed by atoms with Gasteiger partial charge >= 0.3 is 6.01 Å². The molecule has 9 rings (SSSR count). The first-order valence-corrected chi connectivity index (χ1v) is 19.0. The van der Waals surface area contributed by atoms with E-state index in [2.05, 4.69) is 75.3 Å². The number of fused-ring (bicyclic) bond motifs is 4.